The zero-order valence-corrected chi connectivity index (χ0v) is 15.5. The van der Waals surface area contributed by atoms with Gasteiger partial charge in [0.2, 0.25) is 5.95 Å². The van der Waals surface area contributed by atoms with Gasteiger partial charge in [0.1, 0.15) is 0 Å². The number of nitrogens with one attached hydrogen (secondary N) is 2. The van der Waals surface area contributed by atoms with Gasteiger partial charge in [0.05, 0.1) is 5.69 Å². The summed E-state index contributed by atoms with van der Waals surface area (Å²) in [5, 5.41) is 11.4. The van der Waals surface area contributed by atoms with Crippen LogP contribution in [-0.2, 0) is 6.54 Å². The summed E-state index contributed by atoms with van der Waals surface area (Å²) >= 11 is 0. The Balaban J connectivity index is 1.34. The highest BCUT2D eigenvalue weighted by Gasteiger charge is 2.21. The summed E-state index contributed by atoms with van der Waals surface area (Å²) in [6, 6.07) is 18.5. The van der Waals surface area contributed by atoms with Crippen LogP contribution < -0.4 is 10.6 Å². The highest BCUT2D eigenvalue weighted by atomic mass is 15.4. The molecule has 140 valence electrons. The molecule has 6 heteroatoms. The average Bonchev–Trinajstić information content (AvgIpc) is 3.49. The number of hydrogen-bond acceptors (Lipinski definition) is 5. The SMILES string of the molecule is c1cncc(CNc2ccc(-c3cccc4nc(NCC5CC5)nn34)cc2)c1. The first kappa shape index (κ1) is 16.7. The molecule has 6 nitrogen and oxygen atoms in total. The Labute approximate surface area is 163 Å². The molecule has 0 radical (unpaired) electrons. The summed E-state index contributed by atoms with van der Waals surface area (Å²) in [6.45, 7) is 1.71. The highest BCUT2D eigenvalue weighted by molar-refractivity contribution is 5.66. The number of hydrogen-bond donors (Lipinski definition) is 2. The first-order chi connectivity index (χ1) is 13.8. The molecule has 3 heterocycles. The summed E-state index contributed by atoms with van der Waals surface area (Å²) in [4.78, 5) is 8.75. The van der Waals surface area contributed by atoms with Crippen molar-refractivity contribution in [2.45, 2.75) is 19.4 Å². The van der Waals surface area contributed by atoms with Gasteiger partial charge in [-0.15, -0.1) is 5.10 Å². The van der Waals surface area contributed by atoms with Crippen molar-refractivity contribution in [3.05, 3.63) is 72.6 Å². The van der Waals surface area contributed by atoms with Crippen molar-refractivity contribution in [1.82, 2.24) is 19.6 Å². The third kappa shape index (κ3) is 3.67. The Hall–Kier alpha value is -3.41. The van der Waals surface area contributed by atoms with Crippen molar-refractivity contribution in [2.75, 3.05) is 17.2 Å². The predicted molar refractivity (Wildman–Crippen MR) is 111 cm³/mol. The van der Waals surface area contributed by atoms with Gasteiger partial charge < -0.3 is 10.6 Å². The zero-order valence-electron chi connectivity index (χ0n) is 15.5. The maximum atomic E-state index is 4.66. The van der Waals surface area contributed by atoms with Gasteiger partial charge in [0.15, 0.2) is 5.65 Å². The van der Waals surface area contributed by atoms with Crippen LogP contribution in [0.5, 0.6) is 0 Å². The average molecular weight is 370 g/mol. The standard InChI is InChI=1S/C22H22N6/c1-4-20(28-21(5-1)26-22(27-28)25-14-16-6-7-16)18-8-10-19(11-9-18)24-15-17-3-2-12-23-13-17/h1-5,8-13,16,24H,6-7,14-15H2,(H,25,27). The molecule has 0 saturated heterocycles. The van der Waals surface area contributed by atoms with Crippen LogP contribution in [0.3, 0.4) is 0 Å². The number of benzene rings is 1. The Morgan fingerprint density at radius 2 is 1.86 bits per heavy atom. The van der Waals surface area contributed by atoms with Crippen LogP contribution in [0.1, 0.15) is 18.4 Å². The van der Waals surface area contributed by atoms with Crippen molar-refractivity contribution < 1.29 is 0 Å². The van der Waals surface area contributed by atoms with Gasteiger partial charge in [0.25, 0.3) is 0 Å². The fourth-order valence-electron chi connectivity index (χ4n) is 3.22. The molecule has 1 fully saturated rings. The molecule has 0 spiro atoms. The van der Waals surface area contributed by atoms with E-state index in [4.69, 9.17) is 0 Å². The second-order valence-corrected chi connectivity index (χ2v) is 7.23. The van der Waals surface area contributed by atoms with Gasteiger partial charge in [0, 0.05) is 36.7 Å². The molecule has 0 atom stereocenters. The van der Waals surface area contributed by atoms with Crippen molar-refractivity contribution in [3.63, 3.8) is 0 Å². The van der Waals surface area contributed by atoms with E-state index in [2.05, 4.69) is 62.1 Å². The van der Waals surface area contributed by atoms with Gasteiger partial charge in [-0.05, 0) is 54.7 Å². The first-order valence-corrected chi connectivity index (χ1v) is 9.68. The van der Waals surface area contributed by atoms with Crippen LogP contribution in [0.25, 0.3) is 16.9 Å². The molecule has 3 aromatic heterocycles. The number of anilines is 2. The van der Waals surface area contributed by atoms with E-state index in [1.54, 1.807) is 6.20 Å². The molecule has 5 rings (SSSR count). The topological polar surface area (TPSA) is 67.1 Å². The molecule has 1 saturated carbocycles. The summed E-state index contributed by atoms with van der Waals surface area (Å²) in [7, 11) is 0. The normalized spacial score (nSPS) is 13.6. The van der Waals surface area contributed by atoms with E-state index >= 15 is 0 Å². The Morgan fingerprint density at radius 1 is 0.964 bits per heavy atom. The molecule has 28 heavy (non-hydrogen) atoms. The Bertz CT molecular complexity index is 1070. The molecule has 2 N–H and O–H groups in total. The van der Waals surface area contributed by atoms with E-state index in [1.807, 2.05) is 28.9 Å². The Morgan fingerprint density at radius 3 is 2.64 bits per heavy atom. The monoisotopic (exact) mass is 370 g/mol. The third-order valence-electron chi connectivity index (χ3n) is 5.01. The lowest BCUT2D eigenvalue weighted by Crippen LogP contribution is -2.04. The Kier molecular flexibility index (Phi) is 4.37. The van der Waals surface area contributed by atoms with E-state index in [-0.39, 0.29) is 0 Å². The van der Waals surface area contributed by atoms with Gasteiger partial charge in [-0.2, -0.15) is 4.98 Å². The fourth-order valence-corrected chi connectivity index (χ4v) is 3.22. The molecule has 1 aliphatic rings. The number of nitrogens with zero attached hydrogens (tertiary/aromatic N) is 4. The lowest BCUT2D eigenvalue weighted by Gasteiger charge is -2.08. The number of rotatable bonds is 7. The van der Waals surface area contributed by atoms with E-state index in [9.17, 15) is 0 Å². The van der Waals surface area contributed by atoms with E-state index < -0.39 is 0 Å². The zero-order chi connectivity index (χ0) is 18.8. The fraction of sp³-hybridized carbons (Fsp3) is 0.227. The van der Waals surface area contributed by atoms with Crippen molar-refractivity contribution in [1.29, 1.82) is 0 Å². The molecule has 4 aromatic rings. The smallest absolute Gasteiger partial charge is 0.243 e. The molecular weight excluding hydrogens is 348 g/mol. The molecule has 0 bridgehead atoms. The van der Waals surface area contributed by atoms with E-state index in [0.717, 1.165) is 47.2 Å². The minimum Gasteiger partial charge on any atom is -0.381 e. The number of aromatic nitrogens is 4. The molecule has 1 aliphatic carbocycles. The highest BCUT2D eigenvalue weighted by Crippen LogP contribution is 2.29. The van der Waals surface area contributed by atoms with Crippen LogP contribution in [-0.4, -0.2) is 26.1 Å². The molecule has 0 unspecified atom stereocenters. The van der Waals surface area contributed by atoms with Gasteiger partial charge in [-0.3, -0.25) is 4.98 Å². The molecule has 0 aliphatic heterocycles. The summed E-state index contributed by atoms with van der Waals surface area (Å²) in [5.41, 5.74) is 5.23. The molecular formula is C22H22N6. The summed E-state index contributed by atoms with van der Waals surface area (Å²) < 4.78 is 1.91. The lowest BCUT2D eigenvalue weighted by atomic mass is 10.1. The quantitative estimate of drug-likeness (QED) is 0.510. The maximum absolute atomic E-state index is 4.66. The van der Waals surface area contributed by atoms with Crippen LogP contribution >= 0.6 is 0 Å². The lowest BCUT2D eigenvalue weighted by molar-refractivity contribution is 0.868. The van der Waals surface area contributed by atoms with Gasteiger partial charge >= 0.3 is 0 Å². The minimum atomic E-state index is 0.703. The van der Waals surface area contributed by atoms with Gasteiger partial charge in [-0.25, -0.2) is 4.52 Å². The van der Waals surface area contributed by atoms with Crippen LogP contribution in [0, 0.1) is 5.92 Å². The van der Waals surface area contributed by atoms with Crippen LogP contribution in [0.4, 0.5) is 11.6 Å². The molecule has 0 amide bonds. The molecule has 1 aromatic carbocycles. The second kappa shape index (κ2) is 7.31. The third-order valence-corrected chi connectivity index (χ3v) is 5.01. The van der Waals surface area contributed by atoms with E-state index in [0.29, 0.717) is 5.95 Å². The maximum Gasteiger partial charge on any atom is 0.243 e. The van der Waals surface area contributed by atoms with Gasteiger partial charge in [-0.1, -0.05) is 24.3 Å². The predicted octanol–water partition coefficient (Wildman–Crippen LogP) is 4.23. The summed E-state index contributed by atoms with van der Waals surface area (Å²) in [6.07, 6.45) is 6.29. The van der Waals surface area contributed by atoms with Crippen molar-refractivity contribution in [3.8, 4) is 11.3 Å². The first-order valence-electron chi connectivity index (χ1n) is 9.68. The number of pyridine rings is 2. The second-order valence-electron chi connectivity index (χ2n) is 7.23. The largest absolute Gasteiger partial charge is 0.381 e. The van der Waals surface area contributed by atoms with Crippen LogP contribution in [0.15, 0.2) is 67.0 Å². The van der Waals surface area contributed by atoms with E-state index in [1.165, 1.54) is 12.8 Å². The number of fused-ring (bicyclic) bond motifs is 1. The van der Waals surface area contributed by atoms with Crippen molar-refractivity contribution >= 4 is 17.3 Å². The summed E-state index contributed by atoms with van der Waals surface area (Å²) in [5.74, 6) is 1.49. The minimum absolute atomic E-state index is 0.703. The van der Waals surface area contributed by atoms with Crippen molar-refractivity contribution in [2.24, 2.45) is 5.92 Å². The van der Waals surface area contributed by atoms with Crippen LogP contribution in [0.2, 0.25) is 0 Å².